The van der Waals surface area contributed by atoms with E-state index in [9.17, 15) is 13.2 Å². The number of aryl methyl sites for hydroxylation is 1. The quantitative estimate of drug-likeness (QED) is 0.886. The van der Waals surface area contributed by atoms with E-state index in [0.717, 1.165) is 0 Å². The van der Waals surface area contributed by atoms with E-state index in [0.29, 0.717) is 11.3 Å². The Bertz CT molecular complexity index is 728. The molecular formula is C15H16N2O3S. The first-order chi connectivity index (χ1) is 9.99. The molecule has 5 nitrogen and oxygen atoms in total. The van der Waals surface area contributed by atoms with Gasteiger partial charge in [-0.3, -0.25) is 4.79 Å². The maximum absolute atomic E-state index is 12.1. The number of hydrogen-bond donors (Lipinski definition) is 2. The summed E-state index contributed by atoms with van der Waals surface area (Å²) in [6, 6.07) is 15.5. The van der Waals surface area contributed by atoms with Crippen molar-refractivity contribution in [3.8, 4) is 0 Å². The lowest BCUT2D eigenvalue weighted by Crippen LogP contribution is -2.33. The van der Waals surface area contributed by atoms with Crippen molar-refractivity contribution in [1.82, 2.24) is 4.72 Å². The number of carbonyl (C=O) groups excluding carboxylic acids is 1. The highest BCUT2D eigenvalue weighted by atomic mass is 32.2. The zero-order valence-corrected chi connectivity index (χ0v) is 12.4. The highest BCUT2D eigenvalue weighted by Gasteiger charge is 2.17. The standard InChI is InChI=1S/C15H16N2O3S/c1-12-7-5-6-10-14(12)21(19,20)16-11-15(18)17-13-8-3-2-4-9-13/h2-10,16H,11H2,1H3,(H,17,18). The highest BCUT2D eigenvalue weighted by Crippen LogP contribution is 2.13. The van der Waals surface area contributed by atoms with Crippen LogP contribution in [0.5, 0.6) is 0 Å². The van der Waals surface area contributed by atoms with Crippen LogP contribution < -0.4 is 10.0 Å². The van der Waals surface area contributed by atoms with Crippen LogP contribution in [0.15, 0.2) is 59.5 Å². The van der Waals surface area contributed by atoms with Gasteiger partial charge in [-0.25, -0.2) is 13.1 Å². The van der Waals surface area contributed by atoms with Crippen molar-refractivity contribution in [2.45, 2.75) is 11.8 Å². The van der Waals surface area contributed by atoms with E-state index in [1.807, 2.05) is 6.07 Å². The molecule has 0 aromatic heterocycles. The lowest BCUT2D eigenvalue weighted by Gasteiger charge is -2.09. The molecule has 2 aromatic rings. The molecule has 0 spiro atoms. The average Bonchev–Trinajstić information content (AvgIpc) is 2.47. The molecule has 0 aliphatic rings. The third kappa shape index (κ3) is 4.14. The topological polar surface area (TPSA) is 75.3 Å². The van der Waals surface area contributed by atoms with Crippen molar-refractivity contribution >= 4 is 21.6 Å². The van der Waals surface area contributed by atoms with Gasteiger partial charge in [-0.05, 0) is 30.7 Å². The largest absolute Gasteiger partial charge is 0.325 e. The molecule has 0 aliphatic heterocycles. The van der Waals surface area contributed by atoms with Gasteiger partial charge in [-0.15, -0.1) is 0 Å². The Morgan fingerprint density at radius 1 is 1.00 bits per heavy atom. The van der Waals surface area contributed by atoms with Gasteiger partial charge < -0.3 is 5.32 Å². The monoisotopic (exact) mass is 304 g/mol. The second-order valence-corrected chi connectivity index (χ2v) is 6.24. The number of amides is 1. The van der Waals surface area contributed by atoms with Crippen LogP contribution in [0.25, 0.3) is 0 Å². The van der Waals surface area contributed by atoms with Crippen LogP contribution in [-0.4, -0.2) is 20.9 Å². The van der Waals surface area contributed by atoms with Gasteiger partial charge in [0.15, 0.2) is 0 Å². The Balaban J connectivity index is 1.99. The number of hydrogen-bond acceptors (Lipinski definition) is 3. The zero-order chi connectivity index (χ0) is 15.3. The Morgan fingerprint density at radius 3 is 2.29 bits per heavy atom. The number of nitrogens with one attached hydrogen (secondary N) is 2. The van der Waals surface area contributed by atoms with Gasteiger partial charge in [0.25, 0.3) is 0 Å². The smallest absolute Gasteiger partial charge is 0.241 e. The highest BCUT2D eigenvalue weighted by molar-refractivity contribution is 7.89. The van der Waals surface area contributed by atoms with Crippen molar-refractivity contribution in [2.24, 2.45) is 0 Å². The summed E-state index contributed by atoms with van der Waals surface area (Å²) in [6.07, 6.45) is 0. The minimum Gasteiger partial charge on any atom is -0.325 e. The summed E-state index contributed by atoms with van der Waals surface area (Å²) in [4.78, 5) is 11.9. The van der Waals surface area contributed by atoms with Crippen molar-refractivity contribution < 1.29 is 13.2 Å². The molecule has 2 rings (SSSR count). The molecular weight excluding hydrogens is 288 g/mol. The van der Waals surface area contributed by atoms with E-state index < -0.39 is 15.9 Å². The molecule has 0 heterocycles. The van der Waals surface area contributed by atoms with Gasteiger partial charge in [-0.1, -0.05) is 36.4 Å². The Hall–Kier alpha value is -2.18. The van der Waals surface area contributed by atoms with Crippen molar-refractivity contribution in [3.05, 3.63) is 60.2 Å². The third-order valence-electron chi connectivity index (χ3n) is 2.86. The number of sulfonamides is 1. The SMILES string of the molecule is Cc1ccccc1S(=O)(=O)NCC(=O)Nc1ccccc1. The second kappa shape index (κ2) is 6.51. The fourth-order valence-electron chi connectivity index (χ4n) is 1.82. The molecule has 6 heteroatoms. The van der Waals surface area contributed by atoms with Crippen molar-refractivity contribution in [2.75, 3.05) is 11.9 Å². The molecule has 0 saturated carbocycles. The molecule has 0 saturated heterocycles. The summed E-state index contributed by atoms with van der Waals surface area (Å²) in [7, 11) is -3.69. The molecule has 0 unspecified atom stereocenters. The van der Waals surface area contributed by atoms with Crippen molar-refractivity contribution in [3.63, 3.8) is 0 Å². The molecule has 21 heavy (non-hydrogen) atoms. The molecule has 1 amide bonds. The zero-order valence-electron chi connectivity index (χ0n) is 11.5. The molecule has 0 aliphatic carbocycles. The molecule has 110 valence electrons. The summed E-state index contributed by atoms with van der Waals surface area (Å²) < 4.78 is 26.5. The summed E-state index contributed by atoms with van der Waals surface area (Å²) >= 11 is 0. The lowest BCUT2D eigenvalue weighted by molar-refractivity contribution is -0.115. The Labute approximate surface area is 124 Å². The molecule has 0 atom stereocenters. The van der Waals surface area contributed by atoms with Gasteiger partial charge >= 0.3 is 0 Å². The van der Waals surface area contributed by atoms with Crippen LogP contribution in [0, 0.1) is 6.92 Å². The third-order valence-corrected chi connectivity index (χ3v) is 4.42. The first-order valence-electron chi connectivity index (χ1n) is 6.39. The molecule has 2 N–H and O–H groups in total. The number of anilines is 1. The molecule has 0 radical (unpaired) electrons. The fraction of sp³-hybridized carbons (Fsp3) is 0.133. The minimum absolute atomic E-state index is 0.178. The number of carbonyl (C=O) groups is 1. The maximum atomic E-state index is 12.1. The van der Waals surface area contributed by atoms with E-state index in [1.165, 1.54) is 6.07 Å². The number of benzene rings is 2. The fourth-order valence-corrected chi connectivity index (χ4v) is 3.05. The van der Waals surface area contributed by atoms with Crippen LogP contribution in [0.4, 0.5) is 5.69 Å². The molecule has 0 fully saturated rings. The summed E-state index contributed by atoms with van der Waals surface area (Å²) in [6.45, 7) is 1.39. The van der Waals surface area contributed by atoms with E-state index in [4.69, 9.17) is 0 Å². The summed E-state index contributed by atoms with van der Waals surface area (Å²) in [5.41, 5.74) is 1.26. The second-order valence-electron chi connectivity index (χ2n) is 4.50. The summed E-state index contributed by atoms with van der Waals surface area (Å²) in [5, 5.41) is 2.61. The van der Waals surface area contributed by atoms with Gasteiger partial charge in [-0.2, -0.15) is 0 Å². The maximum Gasteiger partial charge on any atom is 0.241 e. The number of rotatable bonds is 5. The van der Waals surface area contributed by atoms with E-state index in [1.54, 1.807) is 49.4 Å². The Kier molecular flexibility index (Phi) is 4.72. The van der Waals surface area contributed by atoms with Crippen LogP contribution in [0.3, 0.4) is 0 Å². The van der Waals surface area contributed by atoms with E-state index in [-0.39, 0.29) is 11.4 Å². The predicted octanol–water partition coefficient (Wildman–Crippen LogP) is 1.91. The first-order valence-corrected chi connectivity index (χ1v) is 7.87. The minimum atomic E-state index is -3.69. The summed E-state index contributed by atoms with van der Waals surface area (Å²) in [5.74, 6) is -0.418. The van der Waals surface area contributed by atoms with Crippen LogP contribution in [0.1, 0.15) is 5.56 Å². The number of para-hydroxylation sites is 1. The average molecular weight is 304 g/mol. The Morgan fingerprint density at radius 2 is 1.62 bits per heavy atom. The van der Waals surface area contributed by atoms with Crippen LogP contribution >= 0.6 is 0 Å². The van der Waals surface area contributed by atoms with Gasteiger partial charge in [0.2, 0.25) is 15.9 Å². The van der Waals surface area contributed by atoms with Gasteiger partial charge in [0.1, 0.15) is 0 Å². The molecule has 0 bridgehead atoms. The van der Waals surface area contributed by atoms with E-state index >= 15 is 0 Å². The van der Waals surface area contributed by atoms with Gasteiger partial charge in [0, 0.05) is 5.69 Å². The lowest BCUT2D eigenvalue weighted by atomic mass is 10.2. The van der Waals surface area contributed by atoms with Crippen LogP contribution in [0.2, 0.25) is 0 Å². The van der Waals surface area contributed by atoms with Crippen LogP contribution in [-0.2, 0) is 14.8 Å². The van der Waals surface area contributed by atoms with Gasteiger partial charge in [0.05, 0.1) is 11.4 Å². The predicted molar refractivity (Wildman–Crippen MR) is 81.4 cm³/mol. The van der Waals surface area contributed by atoms with E-state index in [2.05, 4.69) is 10.0 Å². The van der Waals surface area contributed by atoms with Crippen molar-refractivity contribution in [1.29, 1.82) is 0 Å². The molecule has 2 aromatic carbocycles. The first kappa shape index (κ1) is 15.2. The normalized spacial score (nSPS) is 11.1.